The Kier molecular flexibility index (Phi) is 7.77. The lowest BCUT2D eigenvalue weighted by atomic mass is 9.87. The van der Waals surface area contributed by atoms with Crippen molar-refractivity contribution in [1.82, 2.24) is 5.32 Å². The second-order valence-electron chi connectivity index (χ2n) is 5.00. The number of nitrogens with zero attached hydrogens (tertiary/aromatic N) is 1. The number of unbranched alkanes of at least 4 members (excludes halogenated alkanes) is 1. The molecule has 0 aliphatic carbocycles. The molecule has 0 aromatic carbocycles. The van der Waals surface area contributed by atoms with Crippen molar-refractivity contribution in [3.05, 3.63) is 4.91 Å². The van der Waals surface area contributed by atoms with E-state index < -0.39 is 0 Å². The van der Waals surface area contributed by atoms with Crippen LogP contribution in [0, 0.1) is 10.3 Å². The molecule has 0 aromatic rings. The highest BCUT2D eigenvalue weighted by molar-refractivity contribution is 5.75. The Morgan fingerprint density at radius 2 is 2.00 bits per heavy atom. The third-order valence-corrected chi connectivity index (χ3v) is 2.62. The van der Waals surface area contributed by atoms with Crippen molar-refractivity contribution < 1.29 is 4.79 Å². The summed E-state index contributed by atoms with van der Waals surface area (Å²) in [6, 6.07) is 0. The van der Waals surface area contributed by atoms with Crippen LogP contribution in [0.5, 0.6) is 0 Å². The highest BCUT2D eigenvalue weighted by atomic mass is 16.3. The molecule has 0 aliphatic heterocycles. The van der Waals surface area contributed by atoms with Gasteiger partial charge < -0.3 is 5.32 Å². The van der Waals surface area contributed by atoms with Crippen LogP contribution in [0.2, 0.25) is 0 Å². The Morgan fingerprint density at radius 1 is 1.31 bits per heavy atom. The van der Waals surface area contributed by atoms with E-state index in [0.29, 0.717) is 19.4 Å². The molecular weight excluding hydrogens is 204 g/mol. The number of rotatable bonds is 9. The Balaban J connectivity index is 3.67. The van der Waals surface area contributed by atoms with Gasteiger partial charge in [0, 0.05) is 13.0 Å². The average molecular weight is 228 g/mol. The van der Waals surface area contributed by atoms with Crippen LogP contribution in [0.4, 0.5) is 0 Å². The minimum Gasteiger partial charge on any atom is -0.356 e. The average Bonchev–Trinajstić information content (AvgIpc) is 2.24. The van der Waals surface area contributed by atoms with Gasteiger partial charge in [-0.25, -0.2) is 0 Å². The van der Waals surface area contributed by atoms with Gasteiger partial charge in [0.1, 0.15) is 0 Å². The molecule has 0 saturated carbocycles. The zero-order chi connectivity index (χ0) is 12.4. The van der Waals surface area contributed by atoms with Gasteiger partial charge in [0.05, 0.1) is 6.54 Å². The SMILES string of the molecule is CCCCC(C)(C)CNC(=O)CCCN=O. The summed E-state index contributed by atoms with van der Waals surface area (Å²) in [6.45, 7) is 7.43. The Morgan fingerprint density at radius 3 is 2.56 bits per heavy atom. The van der Waals surface area contributed by atoms with Gasteiger partial charge in [0.15, 0.2) is 0 Å². The first kappa shape index (κ1) is 15.1. The number of carbonyl (C=O) groups excluding carboxylic acids is 1. The summed E-state index contributed by atoms with van der Waals surface area (Å²) in [7, 11) is 0. The van der Waals surface area contributed by atoms with Gasteiger partial charge in [-0.05, 0) is 18.3 Å². The van der Waals surface area contributed by atoms with Crippen LogP contribution in [0.3, 0.4) is 0 Å². The lowest BCUT2D eigenvalue weighted by Crippen LogP contribution is -2.33. The van der Waals surface area contributed by atoms with Crippen LogP contribution in [0.15, 0.2) is 5.18 Å². The van der Waals surface area contributed by atoms with E-state index in [1.165, 1.54) is 12.8 Å². The normalized spacial score (nSPS) is 11.2. The van der Waals surface area contributed by atoms with E-state index in [9.17, 15) is 9.70 Å². The molecule has 0 radical (unpaired) electrons. The molecule has 4 nitrogen and oxygen atoms in total. The topological polar surface area (TPSA) is 58.5 Å². The van der Waals surface area contributed by atoms with E-state index in [-0.39, 0.29) is 17.9 Å². The predicted molar refractivity (Wildman–Crippen MR) is 66.2 cm³/mol. The van der Waals surface area contributed by atoms with Crippen LogP contribution in [-0.4, -0.2) is 19.0 Å². The molecule has 1 amide bonds. The van der Waals surface area contributed by atoms with Gasteiger partial charge in [0.2, 0.25) is 5.91 Å². The number of carbonyl (C=O) groups is 1. The van der Waals surface area contributed by atoms with Crippen molar-refractivity contribution >= 4 is 5.91 Å². The molecule has 0 heterocycles. The molecule has 16 heavy (non-hydrogen) atoms. The monoisotopic (exact) mass is 228 g/mol. The largest absolute Gasteiger partial charge is 0.356 e. The van der Waals surface area contributed by atoms with Crippen LogP contribution >= 0.6 is 0 Å². The minimum atomic E-state index is 0.0215. The third-order valence-electron chi connectivity index (χ3n) is 2.62. The second-order valence-corrected chi connectivity index (χ2v) is 5.00. The van der Waals surface area contributed by atoms with E-state index >= 15 is 0 Å². The fourth-order valence-corrected chi connectivity index (χ4v) is 1.47. The number of amides is 1. The molecule has 0 bridgehead atoms. The Labute approximate surface area is 98.2 Å². The molecule has 0 fully saturated rings. The maximum atomic E-state index is 11.4. The second kappa shape index (κ2) is 8.25. The smallest absolute Gasteiger partial charge is 0.220 e. The van der Waals surface area contributed by atoms with Crippen LogP contribution in [-0.2, 0) is 4.79 Å². The molecule has 0 rings (SSSR count). The summed E-state index contributed by atoms with van der Waals surface area (Å²) in [6.07, 6.45) is 4.44. The molecule has 0 atom stereocenters. The van der Waals surface area contributed by atoms with Gasteiger partial charge in [-0.1, -0.05) is 38.8 Å². The molecule has 0 spiro atoms. The van der Waals surface area contributed by atoms with E-state index in [1.807, 2.05) is 0 Å². The van der Waals surface area contributed by atoms with Crippen molar-refractivity contribution in [3.63, 3.8) is 0 Å². The summed E-state index contributed by atoms with van der Waals surface area (Å²) in [5.74, 6) is 0.0215. The molecule has 94 valence electrons. The minimum absolute atomic E-state index is 0.0215. The van der Waals surface area contributed by atoms with Gasteiger partial charge in [-0.15, -0.1) is 0 Å². The number of hydrogen-bond donors (Lipinski definition) is 1. The summed E-state index contributed by atoms with van der Waals surface area (Å²) in [4.78, 5) is 21.2. The van der Waals surface area contributed by atoms with Crippen molar-refractivity contribution in [2.75, 3.05) is 13.1 Å². The molecule has 0 saturated heterocycles. The maximum Gasteiger partial charge on any atom is 0.220 e. The Hall–Kier alpha value is -0.930. The number of nitrogens with one attached hydrogen (secondary N) is 1. The zero-order valence-corrected chi connectivity index (χ0v) is 10.7. The quantitative estimate of drug-likeness (QED) is 0.487. The van der Waals surface area contributed by atoms with Crippen molar-refractivity contribution in [2.24, 2.45) is 10.6 Å². The molecular formula is C12H24N2O2. The third kappa shape index (κ3) is 8.38. The predicted octanol–water partition coefficient (Wildman–Crippen LogP) is 2.87. The van der Waals surface area contributed by atoms with Gasteiger partial charge in [-0.2, -0.15) is 4.91 Å². The van der Waals surface area contributed by atoms with Crippen LogP contribution < -0.4 is 5.32 Å². The summed E-state index contributed by atoms with van der Waals surface area (Å²) in [5, 5.41) is 5.64. The van der Waals surface area contributed by atoms with E-state index in [0.717, 1.165) is 6.42 Å². The van der Waals surface area contributed by atoms with Gasteiger partial charge in [-0.3, -0.25) is 4.79 Å². The lowest BCUT2D eigenvalue weighted by molar-refractivity contribution is -0.121. The molecule has 1 N–H and O–H groups in total. The first-order valence-electron chi connectivity index (χ1n) is 6.07. The Bertz CT molecular complexity index is 215. The standard InChI is InChI=1S/C12H24N2O2/c1-4-5-8-12(2,3)10-13-11(15)7-6-9-14-16/h4-10H2,1-3H3,(H,13,15). The van der Waals surface area contributed by atoms with Gasteiger partial charge in [0.25, 0.3) is 0 Å². The fraction of sp³-hybridized carbons (Fsp3) is 0.917. The van der Waals surface area contributed by atoms with E-state index in [2.05, 4.69) is 31.3 Å². The van der Waals surface area contributed by atoms with Crippen molar-refractivity contribution in [1.29, 1.82) is 0 Å². The number of nitroso groups, excluding NO2 is 1. The lowest BCUT2D eigenvalue weighted by Gasteiger charge is -2.24. The zero-order valence-electron chi connectivity index (χ0n) is 10.7. The maximum absolute atomic E-state index is 11.4. The number of hydrogen-bond acceptors (Lipinski definition) is 3. The molecule has 0 aromatic heterocycles. The van der Waals surface area contributed by atoms with E-state index in [1.54, 1.807) is 0 Å². The summed E-state index contributed by atoms with van der Waals surface area (Å²) < 4.78 is 0. The van der Waals surface area contributed by atoms with Crippen molar-refractivity contribution in [2.45, 2.75) is 52.9 Å². The van der Waals surface area contributed by atoms with Crippen LogP contribution in [0.1, 0.15) is 52.9 Å². The van der Waals surface area contributed by atoms with Gasteiger partial charge >= 0.3 is 0 Å². The first-order chi connectivity index (χ1) is 7.52. The van der Waals surface area contributed by atoms with Crippen LogP contribution in [0.25, 0.3) is 0 Å². The summed E-state index contributed by atoms with van der Waals surface area (Å²) >= 11 is 0. The molecule has 0 unspecified atom stereocenters. The molecule has 4 heteroatoms. The molecule has 0 aliphatic rings. The fourth-order valence-electron chi connectivity index (χ4n) is 1.47. The highest BCUT2D eigenvalue weighted by Gasteiger charge is 2.17. The van der Waals surface area contributed by atoms with Crippen molar-refractivity contribution in [3.8, 4) is 0 Å². The highest BCUT2D eigenvalue weighted by Crippen LogP contribution is 2.21. The van der Waals surface area contributed by atoms with E-state index in [4.69, 9.17) is 0 Å². The first-order valence-corrected chi connectivity index (χ1v) is 6.07. The summed E-state index contributed by atoms with van der Waals surface area (Å²) in [5.41, 5.74) is 0.161.